The van der Waals surface area contributed by atoms with Gasteiger partial charge in [0.1, 0.15) is 17.5 Å². The third-order valence-electron chi connectivity index (χ3n) is 5.75. The van der Waals surface area contributed by atoms with Crippen molar-refractivity contribution in [1.29, 1.82) is 0 Å². The van der Waals surface area contributed by atoms with E-state index in [1.54, 1.807) is 6.20 Å². The van der Waals surface area contributed by atoms with E-state index < -0.39 is 0 Å². The Bertz CT molecular complexity index is 515. The molecule has 4 heteroatoms. The maximum atomic E-state index is 12.8. The largest absolute Gasteiger partial charge is 0.458 e. The van der Waals surface area contributed by atoms with Crippen LogP contribution in [0.1, 0.15) is 88.1 Å². The van der Waals surface area contributed by atoms with Gasteiger partial charge in [0, 0.05) is 6.20 Å². The van der Waals surface area contributed by atoms with Crippen molar-refractivity contribution in [3.8, 4) is 0 Å². The molecule has 25 heavy (non-hydrogen) atoms. The zero-order chi connectivity index (χ0) is 18.4. The van der Waals surface area contributed by atoms with Crippen molar-refractivity contribution in [3.63, 3.8) is 0 Å². The van der Waals surface area contributed by atoms with Crippen molar-refractivity contribution in [2.45, 2.75) is 85.2 Å². The Morgan fingerprint density at radius 2 is 1.76 bits per heavy atom. The second kappa shape index (κ2) is 9.30. The van der Waals surface area contributed by atoms with Gasteiger partial charge in [-0.05, 0) is 55.9 Å². The Kier molecular flexibility index (Phi) is 7.39. The molecule has 4 nitrogen and oxygen atoms in total. The lowest BCUT2D eigenvalue weighted by Crippen LogP contribution is -2.40. The van der Waals surface area contributed by atoms with E-state index in [1.165, 1.54) is 38.5 Å². The van der Waals surface area contributed by atoms with E-state index in [9.17, 15) is 4.79 Å². The number of hydrogen-bond acceptors (Lipinski definition) is 3. The summed E-state index contributed by atoms with van der Waals surface area (Å²) in [5.74, 6) is 1.85. The minimum Gasteiger partial charge on any atom is -0.458 e. The molecule has 0 bridgehead atoms. The fourth-order valence-electron chi connectivity index (χ4n) is 4.47. The molecule has 1 aromatic rings. The molecule has 1 aromatic heterocycles. The van der Waals surface area contributed by atoms with Gasteiger partial charge in [0.05, 0.1) is 0 Å². The zero-order valence-electron chi connectivity index (χ0n) is 16.4. The molecule has 0 spiro atoms. The van der Waals surface area contributed by atoms with Gasteiger partial charge < -0.3 is 15.5 Å². The van der Waals surface area contributed by atoms with Crippen molar-refractivity contribution in [3.05, 3.63) is 17.3 Å². The number of aromatic amines is 1. The monoisotopic (exact) mass is 348 g/mol. The number of H-pyrrole nitrogens is 1. The lowest BCUT2D eigenvalue weighted by Gasteiger charge is -2.41. The Morgan fingerprint density at radius 3 is 2.20 bits per heavy atom. The summed E-state index contributed by atoms with van der Waals surface area (Å²) in [5.41, 5.74) is 7.32. The predicted molar refractivity (Wildman–Crippen MR) is 104 cm³/mol. The fraction of sp³-hybridized carbons (Fsp3) is 0.762. The average molecular weight is 349 g/mol. The number of aromatic nitrogens is 1. The van der Waals surface area contributed by atoms with E-state index >= 15 is 0 Å². The minimum absolute atomic E-state index is 0.0375. The van der Waals surface area contributed by atoms with Crippen molar-refractivity contribution in [2.75, 3.05) is 5.73 Å². The Labute approximate surface area is 152 Å². The highest BCUT2D eigenvalue weighted by Gasteiger charge is 2.38. The van der Waals surface area contributed by atoms with Crippen LogP contribution in [0, 0.1) is 24.7 Å². The highest BCUT2D eigenvalue weighted by molar-refractivity contribution is 5.96. The summed E-state index contributed by atoms with van der Waals surface area (Å²) >= 11 is 0. The normalized spacial score (nSPS) is 26.6. The first-order valence-electron chi connectivity index (χ1n) is 10.1. The summed E-state index contributed by atoms with van der Waals surface area (Å²) in [6.07, 6.45) is 11.3. The first-order valence-corrected chi connectivity index (χ1v) is 10.1. The highest BCUT2D eigenvalue weighted by atomic mass is 16.5. The van der Waals surface area contributed by atoms with Crippen molar-refractivity contribution < 1.29 is 9.53 Å². The molecule has 2 unspecified atom stereocenters. The second-order valence-electron chi connectivity index (χ2n) is 8.01. The Balaban J connectivity index is 2.17. The molecule has 0 radical (unpaired) electrons. The number of aryl methyl sites for hydroxylation is 1. The van der Waals surface area contributed by atoms with Gasteiger partial charge in [-0.15, -0.1) is 0 Å². The summed E-state index contributed by atoms with van der Waals surface area (Å²) in [6.45, 7) is 8.71. The number of hydrogen-bond donors (Lipinski definition) is 2. The Morgan fingerprint density at radius 1 is 1.20 bits per heavy atom. The Hall–Kier alpha value is -1.45. The molecule has 0 saturated heterocycles. The van der Waals surface area contributed by atoms with Crippen molar-refractivity contribution in [1.82, 2.24) is 4.98 Å². The van der Waals surface area contributed by atoms with Crippen LogP contribution in [0.15, 0.2) is 6.20 Å². The van der Waals surface area contributed by atoms with E-state index in [0.717, 1.165) is 24.3 Å². The third-order valence-corrected chi connectivity index (χ3v) is 5.75. The summed E-state index contributed by atoms with van der Waals surface area (Å²) < 4.78 is 6.13. The minimum atomic E-state index is -0.251. The lowest BCUT2D eigenvalue weighted by atomic mass is 9.70. The molecule has 1 saturated carbocycles. The summed E-state index contributed by atoms with van der Waals surface area (Å²) in [4.78, 5) is 15.7. The number of nitrogen functional groups attached to an aromatic ring is 1. The number of rotatable bonds is 8. The lowest BCUT2D eigenvalue weighted by molar-refractivity contribution is -0.0393. The molecule has 1 aliphatic rings. The van der Waals surface area contributed by atoms with Crippen LogP contribution < -0.4 is 5.73 Å². The maximum absolute atomic E-state index is 12.8. The highest BCUT2D eigenvalue weighted by Crippen LogP contribution is 2.40. The quantitative estimate of drug-likeness (QED) is 0.612. The number of unbranched alkanes of at least 4 members (excludes halogenated alkanes) is 2. The van der Waals surface area contributed by atoms with Crippen molar-refractivity contribution >= 4 is 11.8 Å². The van der Waals surface area contributed by atoms with Gasteiger partial charge in [-0.1, -0.05) is 46.5 Å². The van der Waals surface area contributed by atoms with Gasteiger partial charge in [0.15, 0.2) is 0 Å². The summed E-state index contributed by atoms with van der Waals surface area (Å²) in [5, 5.41) is 0. The molecule has 1 fully saturated rings. The van der Waals surface area contributed by atoms with Crippen LogP contribution in [0.25, 0.3) is 0 Å². The molecule has 3 N–H and O–H groups in total. The molecular formula is C21H36N2O2. The van der Waals surface area contributed by atoms with Gasteiger partial charge in [0.2, 0.25) is 0 Å². The van der Waals surface area contributed by atoms with Gasteiger partial charge in [-0.2, -0.15) is 0 Å². The molecule has 0 aromatic carbocycles. The zero-order valence-corrected chi connectivity index (χ0v) is 16.4. The van der Waals surface area contributed by atoms with Crippen LogP contribution in [0.5, 0.6) is 0 Å². The van der Waals surface area contributed by atoms with Crippen LogP contribution in [0.2, 0.25) is 0 Å². The standard InChI is InChI=1S/C21H36N2O2/c1-5-7-9-16-11-14(3)12-17(10-8-6-2)19(16)25-21(24)18-15(4)13-23-20(18)22/h13-14,16-17,19,23H,5-12,22H2,1-4H3. The van der Waals surface area contributed by atoms with E-state index in [-0.39, 0.29) is 12.1 Å². The number of nitrogens with one attached hydrogen (secondary N) is 1. The van der Waals surface area contributed by atoms with E-state index in [2.05, 4.69) is 25.8 Å². The van der Waals surface area contributed by atoms with E-state index in [0.29, 0.717) is 23.2 Å². The SMILES string of the molecule is CCCCC1CC(C)CC(CCCC)C1OC(=O)c1c(C)c[nH]c1N. The molecule has 0 amide bonds. The fourth-order valence-corrected chi connectivity index (χ4v) is 4.47. The molecule has 1 aliphatic carbocycles. The molecule has 142 valence electrons. The number of esters is 1. The van der Waals surface area contributed by atoms with Gasteiger partial charge >= 0.3 is 5.97 Å². The summed E-state index contributed by atoms with van der Waals surface area (Å²) in [7, 11) is 0. The van der Waals surface area contributed by atoms with Crippen LogP contribution in [0.4, 0.5) is 5.82 Å². The van der Waals surface area contributed by atoms with Crippen LogP contribution in [-0.4, -0.2) is 17.1 Å². The molecule has 2 atom stereocenters. The van der Waals surface area contributed by atoms with E-state index in [1.807, 2.05) is 6.92 Å². The first kappa shape index (κ1) is 19.9. The summed E-state index contributed by atoms with van der Waals surface area (Å²) in [6, 6.07) is 0. The smallest absolute Gasteiger partial charge is 0.342 e. The van der Waals surface area contributed by atoms with E-state index in [4.69, 9.17) is 10.5 Å². The first-order chi connectivity index (χ1) is 12.0. The number of nitrogens with two attached hydrogens (primary N) is 1. The van der Waals surface area contributed by atoms with Crippen LogP contribution in [0.3, 0.4) is 0 Å². The second-order valence-corrected chi connectivity index (χ2v) is 8.01. The molecule has 2 rings (SSSR count). The number of carbonyl (C=O) groups excluding carboxylic acids is 1. The third kappa shape index (κ3) is 5.02. The van der Waals surface area contributed by atoms with Crippen LogP contribution in [-0.2, 0) is 4.74 Å². The van der Waals surface area contributed by atoms with Crippen molar-refractivity contribution in [2.24, 2.45) is 17.8 Å². The molecule has 1 heterocycles. The average Bonchev–Trinajstić information content (AvgIpc) is 2.91. The van der Waals surface area contributed by atoms with Gasteiger partial charge in [-0.25, -0.2) is 4.79 Å². The van der Waals surface area contributed by atoms with Crippen LogP contribution >= 0.6 is 0 Å². The predicted octanol–water partition coefficient (Wildman–Crippen LogP) is 5.47. The maximum Gasteiger partial charge on any atom is 0.342 e. The number of carbonyl (C=O) groups is 1. The topological polar surface area (TPSA) is 68.1 Å². The molecular weight excluding hydrogens is 312 g/mol. The number of anilines is 1. The molecule has 0 aliphatic heterocycles. The van der Waals surface area contributed by atoms with Gasteiger partial charge in [-0.3, -0.25) is 0 Å². The number of ether oxygens (including phenoxy) is 1. The van der Waals surface area contributed by atoms with Gasteiger partial charge in [0.25, 0.3) is 0 Å².